The van der Waals surface area contributed by atoms with E-state index >= 15 is 0 Å². The van der Waals surface area contributed by atoms with Gasteiger partial charge >= 0.3 is 12.4 Å². The van der Waals surface area contributed by atoms with Crippen molar-refractivity contribution in [2.75, 3.05) is 22.9 Å². The van der Waals surface area contributed by atoms with Gasteiger partial charge in [0.15, 0.2) is 6.10 Å². The molecule has 3 aromatic carbocycles. The number of hydrogen-bond acceptors (Lipinski definition) is 3. The Morgan fingerprint density at radius 3 is 2.27 bits per heavy atom. The van der Waals surface area contributed by atoms with Crippen LogP contribution in [0.5, 0.6) is 0 Å². The Bertz CT molecular complexity index is 1260. The van der Waals surface area contributed by atoms with Crippen molar-refractivity contribution in [2.45, 2.75) is 49.8 Å². The molecule has 0 spiro atoms. The lowest BCUT2D eigenvalue weighted by Crippen LogP contribution is -2.50. The summed E-state index contributed by atoms with van der Waals surface area (Å²) >= 11 is 0. The molecule has 1 aliphatic carbocycles. The van der Waals surface area contributed by atoms with Crippen molar-refractivity contribution in [3.05, 3.63) is 95.1 Å². The van der Waals surface area contributed by atoms with Crippen molar-refractivity contribution in [3.8, 4) is 0 Å². The molecule has 0 amide bonds. The number of nitrogens with zero attached hydrogens (tertiary/aromatic N) is 2. The maximum absolute atomic E-state index is 13.6. The zero-order valence-corrected chi connectivity index (χ0v) is 19.8. The minimum Gasteiger partial charge on any atom is -0.382 e. The van der Waals surface area contributed by atoms with Gasteiger partial charge in [-0.3, -0.25) is 0 Å². The van der Waals surface area contributed by atoms with E-state index in [0.717, 1.165) is 37.0 Å². The number of halogens is 6. The van der Waals surface area contributed by atoms with Gasteiger partial charge in [0, 0.05) is 6.54 Å². The van der Waals surface area contributed by atoms with Gasteiger partial charge in [-0.25, -0.2) is 0 Å². The highest BCUT2D eigenvalue weighted by atomic mass is 19.4. The summed E-state index contributed by atoms with van der Waals surface area (Å²) in [6.45, 7) is -0.627. The molecule has 0 aromatic heterocycles. The molecule has 9 heteroatoms. The van der Waals surface area contributed by atoms with Crippen molar-refractivity contribution < 1.29 is 31.4 Å². The van der Waals surface area contributed by atoms with E-state index in [-0.39, 0.29) is 18.2 Å². The van der Waals surface area contributed by atoms with Gasteiger partial charge in [0.1, 0.15) is 0 Å². The lowest BCUT2D eigenvalue weighted by molar-refractivity contribution is -0.200. The number of para-hydroxylation sites is 2. The summed E-state index contributed by atoms with van der Waals surface area (Å²) in [5.41, 5.74) is 2.84. The molecular weight excluding hydrogens is 494 g/mol. The zero-order valence-electron chi connectivity index (χ0n) is 19.8. The van der Waals surface area contributed by atoms with Crippen LogP contribution in [0.2, 0.25) is 0 Å². The van der Waals surface area contributed by atoms with E-state index in [9.17, 15) is 31.4 Å². The molecule has 5 rings (SSSR count). The third-order valence-electron chi connectivity index (χ3n) is 7.31. The predicted molar refractivity (Wildman–Crippen MR) is 130 cm³/mol. The van der Waals surface area contributed by atoms with E-state index in [1.807, 2.05) is 24.3 Å². The molecule has 2 unspecified atom stereocenters. The van der Waals surface area contributed by atoms with Gasteiger partial charge in [-0.2, -0.15) is 26.3 Å². The van der Waals surface area contributed by atoms with Crippen LogP contribution in [0.1, 0.15) is 47.2 Å². The molecule has 37 heavy (non-hydrogen) atoms. The number of aliphatic hydroxyl groups is 1. The Hall–Kier alpha value is -3.20. The van der Waals surface area contributed by atoms with E-state index in [0.29, 0.717) is 11.4 Å². The molecule has 0 saturated carbocycles. The number of aryl methyl sites for hydroxylation is 1. The lowest BCUT2D eigenvalue weighted by atomic mass is 9.85. The van der Waals surface area contributed by atoms with Gasteiger partial charge in [0.25, 0.3) is 0 Å². The maximum atomic E-state index is 13.6. The van der Waals surface area contributed by atoms with E-state index in [1.165, 1.54) is 22.6 Å². The lowest BCUT2D eigenvalue weighted by Gasteiger charge is -2.49. The van der Waals surface area contributed by atoms with E-state index in [2.05, 4.69) is 11.0 Å². The Kier molecular flexibility index (Phi) is 6.60. The smallest absolute Gasteiger partial charge is 0.382 e. The number of alkyl halides is 6. The number of anilines is 2. The largest absolute Gasteiger partial charge is 0.416 e. The summed E-state index contributed by atoms with van der Waals surface area (Å²) in [5.74, 6) is 0. The maximum Gasteiger partial charge on any atom is 0.416 e. The molecule has 2 aliphatic rings. The van der Waals surface area contributed by atoms with Crippen LogP contribution in [0, 0.1) is 0 Å². The Morgan fingerprint density at radius 2 is 1.54 bits per heavy atom. The van der Waals surface area contributed by atoms with Crippen LogP contribution in [0.4, 0.5) is 37.7 Å². The van der Waals surface area contributed by atoms with Crippen LogP contribution in [0.15, 0.2) is 72.8 Å². The Morgan fingerprint density at radius 1 is 0.838 bits per heavy atom. The fraction of sp³-hybridized carbons (Fsp3) is 0.357. The fourth-order valence-corrected chi connectivity index (χ4v) is 5.57. The summed E-state index contributed by atoms with van der Waals surface area (Å²) in [6.07, 6.45) is -9.47. The molecule has 1 heterocycles. The molecule has 3 aromatic rings. The minimum absolute atomic E-state index is 0.0749. The number of β-amino-alcohol motifs (C(OH)–C–C–N with tert-alkyl or cyclic N) is 1. The first-order valence-corrected chi connectivity index (χ1v) is 12.2. The summed E-state index contributed by atoms with van der Waals surface area (Å²) in [5, 5.41) is 10.00. The monoisotopic (exact) mass is 520 g/mol. The van der Waals surface area contributed by atoms with E-state index < -0.39 is 36.6 Å². The molecule has 0 fully saturated rings. The van der Waals surface area contributed by atoms with Crippen LogP contribution < -0.4 is 9.80 Å². The zero-order chi connectivity index (χ0) is 26.4. The summed E-state index contributed by atoms with van der Waals surface area (Å²) in [6, 6.07) is 18.8. The average molecular weight is 521 g/mol. The number of aliphatic hydroxyl groups excluding tert-OH is 1. The molecular formula is C28H26F6N2O. The van der Waals surface area contributed by atoms with Gasteiger partial charge < -0.3 is 14.9 Å². The summed E-state index contributed by atoms with van der Waals surface area (Å²) < 4.78 is 81.0. The van der Waals surface area contributed by atoms with Gasteiger partial charge in [0.05, 0.1) is 35.6 Å². The highest BCUT2D eigenvalue weighted by Gasteiger charge is 2.44. The Labute approximate surface area is 210 Å². The minimum atomic E-state index is -4.87. The van der Waals surface area contributed by atoms with Crippen molar-refractivity contribution in [2.24, 2.45) is 0 Å². The Balaban J connectivity index is 1.63. The molecule has 3 atom stereocenters. The van der Waals surface area contributed by atoms with Crippen LogP contribution in [-0.4, -0.2) is 30.5 Å². The third kappa shape index (κ3) is 5.01. The number of fused-ring (bicyclic) bond motifs is 2. The summed E-state index contributed by atoms with van der Waals surface area (Å²) in [7, 11) is 0. The standard InChI is InChI=1S/C28H26F6N2O/c29-27(30,31)20-10-5-9-19(15-20)25-16-35(22-14-6-8-18-7-1-2-11-21(18)22)23-12-3-4-13-24(23)36(25)17-26(37)28(32,33)34/h1-5,7,9-13,15,22,25-26,37H,6,8,14,16-17H2/t22?,25?,26-/m1/s1. The number of rotatable bonds is 4. The molecule has 196 valence electrons. The van der Waals surface area contributed by atoms with Gasteiger partial charge in [-0.1, -0.05) is 48.5 Å². The number of benzene rings is 3. The van der Waals surface area contributed by atoms with E-state index in [4.69, 9.17) is 0 Å². The molecule has 1 N–H and O–H groups in total. The van der Waals surface area contributed by atoms with Gasteiger partial charge in [-0.15, -0.1) is 0 Å². The first-order chi connectivity index (χ1) is 17.5. The molecule has 0 saturated heterocycles. The van der Waals surface area contributed by atoms with Crippen LogP contribution >= 0.6 is 0 Å². The first kappa shape index (κ1) is 25.4. The van der Waals surface area contributed by atoms with Gasteiger partial charge in [0.2, 0.25) is 0 Å². The second-order valence-corrected chi connectivity index (χ2v) is 9.60. The highest BCUT2D eigenvalue weighted by Crippen LogP contribution is 2.48. The van der Waals surface area contributed by atoms with Crippen molar-refractivity contribution in [1.82, 2.24) is 0 Å². The summed E-state index contributed by atoms with van der Waals surface area (Å²) in [4.78, 5) is 3.50. The highest BCUT2D eigenvalue weighted by molar-refractivity contribution is 5.75. The second-order valence-electron chi connectivity index (χ2n) is 9.60. The molecule has 0 radical (unpaired) electrons. The molecule has 3 nitrogen and oxygen atoms in total. The van der Waals surface area contributed by atoms with Crippen molar-refractivity contribution in [3.63, 3.8) is 0 Å². The first-order valence-electron chi connectivity index (χ1n) is 12.2. The quantitative estimate of drug-likeness (QED) is 0.373. The van der Waals surface area contributed by atoms with Crippen molar-refractivity contribution in [1.29, 1.82) is 0 Å². The SMILES string of the molecule is O[C@H](CN1c2ccccc2N(C2CCCc3ccccc32)CC1c1cccc(C(F)(F)F)c1)C(F)(F)F. The molecule has 1 aliphatic heterocycles. The third-order valence-corrected chi connectivity index (χ3v) is 7.31. The normalized spacial score (nSPS) is 20.8. The second kappa shape index (κ2) is 9.59. The van der Waals surface area contributed by atoms with Crippen molar-refractivity contribution >= 4 is 11.4 Å². The van der Waals surface area contributed by atoms with Crippen LogP contribution in [0.25, 0.3) is 0 Å². The molecule has 0 bridgehead atoms. The van der Waals surface area contributed by atoms with Crippen LogP contribution in [0.3, 0.4) is 0 Å². The topological polar surface area (TPSA) is 26.7 Å². The average Bonchev–Trinajstić information content (AvgIpc) is 2.87. The predicted octanol–water partition coefficient (Wildman–Crippen LogP) is 7.07. The van der Waals surface area contributed by atoms with E-state index in [1.54, 1.807) is 18.2 Å². The van der Waals surface area contributed by atoms with Gasteiger partial charge in [-0.05, 0) is 60.2 Å². The fourth-order valence-electron chi connectivity index (χ4n) is 5.57. The number of hydrogen-bond donors (Lipinski definition) is 1. The van der Waals surface area contributed by atoms with Crippen LogP contribution in [-0.2, 0) is 12.6 Å².